The van der Waals surface area contributed by atoms with Crippen molar-refractivity contribution in [3.63, 3.8) is 0 Å². The van der Waals surface area contributed by atoms with Gasteiger partial charge in [0.2, 0.25) is 5.82 Å². The number of H-pyrrole nitrogens is 1. The number of imidazole rings is 1. The maximum absolute atomic E-state index is 10.6. The van der Waals surface area contributed by atoms with E-state index < -0.39 is 10.9 Å². The number of hydrogen-bond acceptors (Lipinski definition) is 5. The zero-order valence-electron chi connectivity index (χ0n) is 7.26. The van der Waals surface area contributed by atoms with E-state index >= 15 is 0 Å². The quantitative estimate of drug-likeness (QED) is 0.329. The van der Waals surface area contributed by atoms with Gasteiger partial charge in [0.05, 0.1) is 7.11 Å². The number of methoxy groups -OCH3 is 1. The van der Waals surface area contributed by atoms with Crippen molar-refractivity contribution in [1.29, 1.82) is 0 Å². The van der Waals surface area contributed by atoms with Crippen LogP contribution >= 0.6 is 0 Å². The van der Waals surface area contributed by atoms with Gasteiger partial charge in [0.15, 0.2) is 0 Å². The largest absolute Gasteiger partial charge is 0.466 e. The van der Waals surface area contributed by atoms with E-state index in [4.69, 9.17) is 0 Å². The van der Waals surface area contributed by atoms with E-state index in [0.717, 1.165) is 12.3 Å². The van der Waals surface area contributed by atoms with Gasteiger partial charge >= 0.3 is 11.8 Å². The van der Waals surface area contributed by atoms with Gasteiger partial charge < -0.3 is 14.9 Å². The molecule has 0 amide bonds. The lowest BCUT2D eigenvalue weighted by Crippen LogP contribution is -1.93. The summed E-state index contributed by atoms with van der Waals surface area (Å²) in [7, 11) is 1.23. The number of nitro groups is 1. The van der Waals surface area contributed by atoms with Crippen molar-refractivity contribution < 1.29 is 14.5 Å². The Morgan fingerprint density at radius 3 is 3.00 bits per heavy atom. The molecule has 74 valence electrons. The lowest BCUT2D eigenvalue weighted by molar-refractivity contribution is -0.389. The molecule has 1 rings (SSSR count). The first-order valence-electron chi connectivity index (χ1n) is 3.59. The Morgan fingerprint density at radius 1 is 1.79 bits per heavy atom. The van der Waals surface area contributed by atoms with Gasteiger partial charge in [-0.25, -0.2) is 14.8 Å². The zero-order valence-corrected chi connectivity index (χ0v) is 7.26. The van der Waals surface area contributed by atoms with Gasteiger partial charge in [-0.1, -0.05) is 0 Å². The van der Waals surface area contributed by atoms with Crippen LogP contribution in [0.15, 0.2) is 12.3 Å². The molecule has 0 aromatic carbocycles. The second kappa shape index (κ2) is 4.17. The van der Waals surface area contributed by atoms with E-state index in [1.807, 2.05) is 0 Å². The first-order chi connectivity index (χ1) is 6.63. The SMILES string of the molecule is COC(=O)C=Cc1ncc([N+](=O)[O-])[nH]1. The molecule has 1 N–H and O–H groups in total. The van der Waals surface area contributed by atoms with Crippen LogP contribution in [0.5, 0.6) is 0 Å². The molecular weight excluding hydrogens is 190 g/mol. The Bertz CT molecular complexity index is 382. The van der Waals surface area contributed by atoms with Crippen molar-refractivity contribution in [3.05, 3.63) is 28.2 Å². The number of ether oxygens (including phenoxy) is 1. The Balaban J connectivity index is 2.73. The van der Waals surface area contributed by atoms with Crippen molar-refractivity contribution in [3.8, 4) is 0 Å². The number of rotatable bonds is 3. The highest BCUT2D eigenvalue weighted by Gasteiger charge is 2.07. The molecule has 0 radical (unpaired) electrons. The van der Waals surface area contributed by atoms with Crippen molar-refractivity contribution in [2.24, 2.45) is 0 Å². The average molecular weight is 197 g/mol. The van der Waals surface area contributed by atoms with Gasteiger partial charge in [-0.3, -0.25) is 0 Å². The lowest BCUT2D eigenvalue weighted by atomic mass is 10.5. The first kappa shape index (κ1) is 9.90. The number of nitrogens with zero attached hydrogens (tertiary/aromatic N) is 2. The van der Waals surface area contributed by atoms with Crippen LogP contribution in [0.3, 0.4) is 0 Å². The van der Waals surface area contributed by atoms with Gasteiger partial charge in [0.1, 0.15) is 6.20 Å². The van der Waals surface area contributed by atoms with Crippen LogP contribution in [0, 0.1) is 10.1 Å². The van der Waals surface area contributed by atoms with E-state index in [1.165, 1.54) is 13.2 Å². The fourth-order valence-corrected chi connectivity index (χ4v) is 0.719. The number of carbonyl (C=O) groups is 1. The summed E-state index contributed by atoms with van der Waals surface area (Å²) in [5.74, 6) is -0.555. The van der Waals surface area contributed by atoms with Crippen LogP contribution < -0.4 is 0 Å². The van der Waals surface area contributed by atoms with Gasteiger partial charge in [-0.15, -0.1) is 0 Å². The summed E-state index contributed by atoms with van der Waals surface area (Å²) >= 11 is 0. The molecule has 1 heterocycles. The molecule has 7 nitrogen and oxygen atoms in total. The molecule has 1 aromatic heterocycles. The maximum Gasteiger partial charge on any atom is 0.340 e. The summed E-state index contributed by atoms with van der Waals surface area (Å²) in [5, 5.41) is 10.2. The first-order valence-corrected chi connectivity index (χ1v) is 3.59. The minimum Gasteiger partial charge on any atom is -0.466 e. The highest BCUT2D eigenvalue weighted by molar-refractivity contribution is 5.86. The predicted octanol–water partition coefficient (Wildman–Crippen LogP) is 0.504. The second-order valence-electron chi connectivity index (χ2n) is 2.27. The van der Waals surface area contributed by atoms with Gasteiger partial charge in [0.25, 0.3) is 0 Å². The molecule has 7 heteroatoms. The molecule has 0 atom stereocenters. The fraction of sp³-hybridized carbons (Fsp3) is 0.143. The summed E-state index contributed by atoms with van der Waals surface area (Å²) < 4.78 is 4.32. The van der Waals surface area contributed by atoms with Crippen molar-refractivity contribution in [1.82, 2.24) is 9.97 Å². The molecule has 0 saturated heterocycles. The summed E-state index contributed by atoms with van der Waals surface area (Å²) in [5.41, 5.74) is 0. The topological polar surface area (TPSA) is 98.1 Å². The van der Waals surface area contributed by atoms with Crippen LogP contribution in [0.4, 0.5) is 5.82 Å². The van der Waals surface area contributed by atoms with Crippen LogP contribution in [0.2, 0.25) is 0 Å². The van der Waals surface area contributed by atoms with E-state index in [-0.39, 0.29) is 11.6 Å². The molecule has 0 aliphatic heterocycles. The molecule has 0 spiro atoms. The minimum atomic E-state index is -0.609. The summed E-state index contributed by atoms with van der Waals surface area (Å²) in [6.45, 7) is 0. The standard InChI is InChI=1S/C7H7N3O4/c1-14-7(11)3-2-5-8-4-6(9-5)10(12)13/h2-4H,1H3,(H,8,9). The van der Waals surface area contributed by atoms with Crippen molar-refractivity contribution in [2.45, 2.75) is 0 Å². The number of carbonyl (C=O) groups excluding carboxylic acids is 1. The van der Waals surface area contributed by atoms with Crippen molar-refractivity contribution >= 4 is 17.9 Å². The van der Waals surface area contributed by atoms with E-state index in [1.54, 1.807) is 0 Å². The van der Waals surface area contributed by atoms with Crippen LogP contribution in [0.1, 0.15) is 5.82 Å². The summed E-state index contributed by atoms with van der Waals surface area (Å²) in [6, 6.07) is 0. The normalized spacial score (nSPS) is 10.4. The Hall–Kier alpha value is -2.18. The second-order valence-corrected chi connectivity index (χ2v) is 2.27. The molecule has 0 saturated carbocycles. The summed E-state index contributed by atoms with van der Waals surface area (Å²) in [6.07, 6.45) is 3.47. The molecule has 0 aliphatic carbocycles. The third-order valence-corrected chi connectivity index (χ3v) is 1.36. The molecule has 14 heavy (non-hydrogen) atoms. The monoisotopic (exact) mass is 197 g/mol. The number of aromatic amines is 1. The Kier molecular flexibility index (Phi) is 2.95. The Labute approximate surface area is 78.6 Å². The third-order valence-electron chi connectivity index (χ3n) is 1.36. The number of hydrogen-bond donors (Lipinski definition) is 1. The van der Waals surface area contributed by atoms with Gasteiger partial charge in [0, 0.05) is 12.2 Å². The number of nitrogens with one attached hydrogen (secondary N) is 1. The highest BCUT2D eigenvalue weighted by atomic mass is 16.6. The van der Waals surface area contributed by atoms with Gasteiger partial charge in [-0.05, 0) is 4.92 Å². The van der Waals surface area contributed by atoms with E-state index in [9.17, 15) is 14.9 Å². The van der Waals surface area contributed by atoms with Gasteiger partial charge in [-0.2, -0.15) is 0 Å². The fourth-order valence-electron chi connectivity index (χ4n) is 0.719. The molecule has 0 bridgehead atoms. The van der Waals surface area contributed by atoms with Crippen LogP contribution in [0.25, 0.3) is 6.08 Å². The summed E-state index contributed by atoms with van der Waals surface area (Å²) in [4.78, 5) is 26.3. The van der Waals surface area contributed by atoms with E-state index in [2.05, 4.69) is 14.7 Å². The highest BCUT2D eigenvalue weighted by Crippen LogP contribution is 2.06. The van der Waals surface area contributed by atoms with Crippen molar-refractivity contribution in [2.75, 3.05) is 7.11 Å². The molecular formula is C7H7N3O4. The minimum absolute atomic E-state index is 0.224. The van der Waals surface area contributed by atoms with Crippen LogP contribution in [-0.4, -0.2) is 28.0 Å². The van der Waals surface area contributed by atoms with E-state index in [0.29, 0.717) is 0 Å². The van der Waals surface area contributed by atoms with Crippen LogP contribution in [-0.2, 0) is 9.53 Å². The maximum atomic E-state index is 10.6. The lowest BCUT2D eigenvalue weighted by Gasteiger charge is -1.87. The molecule has 0 fully saturated rings. The number of aromatic nitrogens is 2. The number of esters is 1. The molecule has 0 unspecified atom stereocenters. The molecule has 1 aromatic rings. The third kappa shape index (κ3) is 2.41. The average Bonchev–Trinajstić information content (AvgIpc) is 2.62. The predicted molar refractivity (Wildman–Crippen MR) is 46.3 cm³/mol. The zero-order chi connectivity index (χ0) is 10.6. The smallest absolute Gasteiger partial charge is 0.340 e. The Morgan fingerprint density at radius 2 is 2.50 bits per heavy atom. The molecule has 0 aliphatic rings.